The summed E-state index contributed by atoms with van der Waals surface area (Å²) in [5.74, 6) is 0.932. The van der Waals surface area contributed by atoms with Gasteiger partial charge in [-0.1, -0.05) is 41.4 Å². The van der Waals surface area contributed by atoms with Crippen molar-refractivity contribution < 1.29 is 4.79 Å². The van der Waals surface area contributed by atoms with Crippen LogP contribution in [0.3, 0.4) is 0 Å². The normalized spacial score (nSPS) is 14.2. The van der Waals surface area contributed by atoms with Crippen molar-refractivity contribution in [1.29, 1.82) is 0 Å². The Morgan fingerprint density at radius 2 is 1.57 bits per heavy atom. The fraction of sp³-hybridized carbons (Fsp3) is 0.190. The summed E-state index contributed by atoms with van der Waals surface area (Å²) in [4.78, 5) is 24.0. The molecule has 3 heterocycles. The Hall–Kier alpha value is -2.63. The molecule has 142 valence electrons. The summed E-state index contributed by atoms with van der Waals surface area (Å²) < 4.78 is 0. The van der Waals surface area contributed by atoms with E-state index in [1.165, 1.54) is 0 Å². The van der Waals surface area contributed by atoms with Crippen molar-refractivity contribution in [3.8, 4) is 11.1 Å². The number of hydrogen-bond acceptors (Lipinski definition) is 5. The summed E-state index contributed by atoms with van der Waals surface area (Å²) in [5.41, 5.74) is 3.47. The van der Waals surface area contributed by atoms with Crippen molar-refractivity contribution in [3.63, 3.8) is 0 Å². The number of nitrogens with zero attached hydrogens (tertiary/aromatic N) is 4. The van der Waals surface area contributed by atoms with Crippen LogP contribution in [0.15, 0.2) is 55.0 Å². The number of carbonyl (C=O) groups is 1. The second-order valence-corrected chi connectivity index (χ2v) is 7.39. The SMILES string of the molecule is O=Cc1cccc(-c2ccc(N3CCN(c4c(Cl)cncc4Cl)CC3)nc2)c1. The van der Waals surface area contributed by atoms with Crippen LogP contribution in [-0.2, 0) is 0 Å². The molecule has 0 unspecified atom stereocenters. The zero-order valence-electron chi connectivity index (χ0n) is 15.1. The Morgan fingerprint density at radius 1 is 0.857 bits per heavy atom. The zero-order chi connectivity index (χ0) is 19.5. The Labute approximate surface area is 173 Å². The number of pyridine rings is 2. The van der Waals surface area contributed by atoms with Crippen LogP contribution in [0.4, 0.5) is 11.5 Å². The largest absolute Gasteiger partial charge is 0.365 e. The van der Waals surface area contributed by atoms with Gasteiger partial charge in [-0.3, -0.25) is 9.78 Å². The Kier molecular flexibility index (Phi) is 5.46. The van der Waals surface area contributed by atoms with Crippen LogP contribution in [0.25, 0.3) is 11.1 Å². The number of benzene rings is 1. The van der Waals surface area contributed by atoms with Gasteiger partial charge in [0.2, 0.25) is 0 Å². The molecule has 0 N–H and O–H groups in total. The highest BCUT2D eigenvalue weighted by Gasteiger charge is 2.22. The number of anilines is 2. The molecule has 4 rings (SSSR count). The summed E-state index contributed by atoms with van der Waals surface area (Å²) in [6.07, 6.45) is 5.94. The van der Waals surface area contributed by atoms with E-state index in [4.69, 9.17) is 23.2 Å². The van der Waals surface area contributed by atoms with Crippen molar-refractivity contribution in [1.82, 2.24) is 9.97 Å². The molecule has 5 nitrogen and oxygen atoms in total. The van der Waals surface area contributed by atoms with Gasteiger partial charge in [-0.2, -0.15) is 0 Å². The van der Waals surface area contributed by atoms with Gasteiger partial charge in [-0.15, -0.1) is 0 Å². The van der Waals surface area contributed by atoms with Gasteiger partial charge in [0.1, 0.15) is 12.1 Å². The molecule has 28 heavy (non-hydrogen) atoms. The average molecular weight is 413 g/mol. The van der Waals surface area contributed by atoms with E-state index in [0.29, 0.717) is 15.6 Å². The smallest absolute Gasteiger partial charge is 0.150 e. The van der Waals surface area contributed by atoms with Crippen molar-refractivity contribution in [2.45, 2.75) is 0 Å². The highest BCUT2D eigenvalue weighted by Crippen LogP contribution is 2.33. The first-order valence-electron chi connectivity index (χ1n) is 8.96. The molecule has 0 bridgehead atoms. The number of halogens is 2. The van der Waals surface area contributed by atoms with Gasteiger partial charge >= 0.3 is 0 Å². The van der Waals surface area contributed by atoms with Gasteiger partial charge in [0.25, 0.3) is 0 Å². The first-order valence-corrected chi connectivity index (χ1v) is 9.72. The number of rotatable bonds is 4. The molecule has 1 saturated heterocycles. The minimum Gasteiger partial charge on any atom is -0.365 e. The lowest BCUT2D eigenvalue weighted by Crippen LogP contribution is -2.47. The minimum absolute atomic E-state index is 0.570. The van der Waals surface area contributed by atoms with Gasteiger partial charge in [-0.25, -0.2) is 4.98 Å². The second kappa shape index (κ2) is 8.17. The van der Waals surface area contributed by atoms with Crippen molar-refractivity contribution in [2.75, 3.05) is 36.0 Å². The lowest BCUT2D eigenvalue weighted by molar-refractivity contribution is 0.112. The highest BCUT2D eigenvalue weighted by atomic mass is 35.5. The molecule has 0 aliphatic carbocycles. The molecule has 0 radical (unpaired) electrons. The average Bonchev–Trinajstić information content (AvgIpc) is 2.74. The van der Waals surface area contributed by atoms with Crippen LogP contribution < -0.4 is 9.80 Å². The number of aldehydes is 1. The molecule has 7 heteroatoms. The summed E-state index contributed by atoms with van der Waals surface area (Å²) in [6, 6.07) is 11.6. The van der Waals surface area contributed by atoms with E-state index in [0.717, 1.165) is 55.1 Å². The molecule has 0 spiro atoms. The van der Waals surface area contributed by atoms with E-state index < -0.39 is 0 Å². The molecule has 0 atom stereocenters. The molecule has 3 aromatic rings. The number of piperazine rings is 1. The summed E-state index contributed by atoms with van der Waals surface area (Å²) in [7, 11) is 0. The molecule has 1 aliphatic rings. The van der Waals surface area contributed by atoms with Gasteiger partial charge in [0.05, 0.1) is 15.7 Å². The summed E-state index contributed by atoms with van der Waals surface area (Å²) in [5, 5.41) is 1.14. The number of hydrogen-bond donors (Lipinski definition) is 0. The van der Waals surface area contributed by atoms with Crippen LogP contribution in [0, 0.1) is 0 Å². The summed E-state index contributed by atoms with van der Waals surface area (Å²) in [6.45, 7) is 3.24. The van der Waals surface area contributed by atoms with E-state index in [9.17, 15) is 4.79 Å². The maximum Gasteiger partial charge on any atom is 0.150 e. The van der Waals surface area contributed by atoms with E-state index in [1.54, 1.807) is 18.5 Å². The number of carbonyl (C=O) groups excluding carboxylic acids is 1. The minimum atomic E-state index is 0.570. The third-order valence-electron chi connectivity index (χ3n) is 4.85. The molecule has 0 saturated carbocycles. The van der Waals surface area contributed by atoms with Gasteiger partial charge < -0.3 is 9.80 Å². The Morgan fingerprint density at radius 3 is 2.21 bits per heavy atom. The standard InChI is InChI=1S/C21H18Cl2N4O/c22-18-12-24-13-19(23)21(18)27-8-6-26(7-9-27)20-5-4-17(11-25-20)16-3-1-2-15(10-16)14-28/h1-5,10-14H,6-9H2. The highest BCUT2D eigenvalue weighted by molar-refractivity contribution is 6.38. The van der Waals surface area contributed by atoms with Crippen molar-refractivity contribution in [3.05, 3.63) is 70.6 Å². The zero-order valence-corrected chi connectivity index (χ0v) is 16.6. The van der Waals surface area contributed by atoms with Crippen LogP contribution in [0.2, 0.25) is 10.0 Å². The van der Waals surface area contributed by atoms with E-state index in [-0.39, 0.29) is 0 Å². The van der Waals surface area contributed by atoms with Crippen molar-refractivity contribution in [2.24, 2.45) is 0 Å². The first-order chi connectivity index (χ1) is 13.7. The van der Waals surface area contributed by atoms with Crippen molar-refractivity contribution >= 4 is 41.0 Å². The van der Waals surface area contributed by atoms with Gasteiger partial charge in [-0.05, 0) is 23.8 Å². The molecule has 2 aromatic heterocycles. The monoisotopic (exact) mass is 412 g/mol. The van der Waals surface area contributed by atoms with E-state index in [2.05, 4.69) is 19.8 Å². The topological polar surface area (TPSA) is 49.3 Å². The van der Waals surface area contributed by atoms with Crippen LogP contribution in [0.1, 0.15) is 10.4 Å². The molecular formula is C21H18Cl2N4O. The van der Waals surface area contributed by atoms with Crippen LogP contribution >= 0.6 is 23.2 Å². The third-order valence-corrected chi connectivity index (χ3v) is 5.41. The van der Waals surface area contributed by atoms with E-state index in [1.807, 2.05) is 36.5 Å². The second-order valence-electron chi connectivity index (χ2n) is 6.57. The van der Waals surface area contributed by atoms with E-state index >= 15 is 0 Å². The fourth-order valence-corrected chi connectivity index (χ4v) is 4.00. The fourth-order valence-electron chi connectivity index (χ4n) is 3.40. The molecule has 0 amide bonds. The first kappa shape index (κ1) is 18.7. The third kappa shape index (κ3) is 3.81. The molecule has 1 fully saturated rings. The molecular weight excluding hydrogens is 395 g/mol. The number of aromatic nitrogens is 2. The Balaban J connectivity index is 1.46. The summed E-state index contributed by atoms with van der Waals surface area (Å²) >= 11 is 12.6. The lowest BCUT2D eigenvalue weighted by Gasteiger charge is -2.37. The maximum absolute atomic E-state index is 11.0. The maximum atomic E-state index is 11.0. The molecule has 1 aliphatic heterocycles. The van der Waals surface area contributed by atoms with Crippen LogP contribution in [0.5, 0.6) is 0 Å². The van der Waals surface area contributed by atoms with Gasteiger partial charge in [0.15, 0.2) is 0 Å². The van der Waals surface area contributed by atoms with Crippen LogP contribution in [-0.4, -0.2) is 42.4 Å². The lowest BCUT2D eigenvalue weighted by atomic mass is 10.1. The quantitative estimate of drug-likeness (QED) is 0.586. The molecule has 1 aromatic carbocycles. The Bertz CT molecular complexity index is 966. The predicted octanol–water partition coefficient (Wildman–Crippen LogP) is 4.59. The predicted molar refractivity (Wildman–Crippen MR) is 114 cm³/mol. The van der Waals surface area contributed by atoms with Gasteiger partial charge in [0, 0.05) is 55.9 Å².